The van der Waals surface area contributed by atoms with Gasteiger partial charge in [0.1, 0.15) is 12.0 Å². The van der Waals surface area contributed by atoms with Crippen molar-refractivity contribution in [3.05, 3.63) is 47.4 Å². The van der Waals surface area contributed by atoms with Crippen LogP contribution in [0.25, 0.3) is 0 Å². The van der Waals surface area contributed by atoms with Crippen molar-refractivity contribution in [2.75, 3.05) is 37.0 Å². The van der Waals surface area contributed by atoms with Gasteiger partial charge >= 0.3 is 0 Å². The fraction of sp³-hybridized carbons (Fsp3) is 0.375. The maximum Gasteiger partial charge on any atom is 0.157 e. The Morgan fingerprint density at radius 2 is 2.14 bits per heavy atom. The number of ether oxygens (including phenoxy) is 1. The van der Waals surface area contributed by atoms with E-state index in [0.717, 1.165) is 31.0 Å². The third kappa shape index (κ3) is 3.31. The Morgan fingerprint density at radius 3 is 2.91 bits per heavy atom. The van der Waals surface area contributed by atoms with Gasteiger partial charge in [0.05, 0.1) is 12.7 Å². The zero-order chi connectivity index (χ0) is 15.4. The van der Waals surface area contributed by atoms with Gasteiger partial charge in [-0.25, -0.2) is 9.97 Å². The number of hydrogen-bond acceptors (Lipinski definition) is 5. The van der Waals surface area contributed by atoms with Crippen LogP contribution in [-0.4, -0.2) is 42.8 Å². The third-order valence-electron chi connectivity index (χ3n) is 3.78. The summed E-state index contributed by atoms with van der Waals surface area (Å²) in [7, 11) is 1.83. The zero-order valence-corrected chi connectivity index (χ0v) is 13.3. The first-order chi connectivity index (χ1) is 10.8. The van der Waals surface area contributed by atoms with E-state index < -0.39 is 0 Å². The Labute approximate surface area is 135 Å². The second-order valence-corrected chi connectivity index (χ2v) is 5.60. The van der Waals surface area contributed by atoms with Crippen LogP contribution in [-0.2, 0) is 11.2 Å². The Hall–Kier alpha value is -1.85. The summed E-state index contributed by atoms with van der Waals surface area (Å²) in [6.45, 7) is 2.27. The highest BCUT2D eigenvalue weighted by molar-refractivity contribution is 6.32. The summed E-state index contributed by atoms with van der Waals surface area (Å²) in [5, 5.41) is 3.53. The molecule has 1 unspecified atom stereocenters. The van der Waals surface area contributed by atoms with Crippen LogP contribution >= 0.6 is 11.6 Å². The van der Waals surface area contributed by atoms with E-state index in [1.807, 2.05) is 13.1 Å². The zero-order valence-electron chi connectivity index (χ0n) is 12.5. The number of morpholine rings is 1. The van der Waals surface area contributed by atoms with Crippen molar-refractivity contribution in [2.45, 2.75) is 12.5 Å². The number of hydrogen-bond donors (Lipinski definition) is 1. The number of rotatable bonds is 4. The molecule has 2 heterocycles. The van der Waals surface area contributed by atoms with Gasteiger partial charge in [0, 0.05) is 26.6 Å². The summed E-state index contributed by atoms with van der Waals surface area (Å²) in [5.74, 6) is 0.837. The second kappa shape index (κ2) is 6.94. The Balaban J connectivity index is 1.75. The summed E-state index contributed by atoms with van der Waals surface area (Å²) < 4.78 is 5.90. The molecule has 5 nitrogen and oxygen atoms in total. The van der Waals surface area contributed by atoms with Gasteiger partial charge in [-0.1, -0.05) is 41.9 Å². The summed E-state index contributed by atoms with van der Waals surface area (Å²) in [6, 6.07) is 10.4. The number of nitrogens with one attached hydrogen (secondary N) is 1. The Bertz CT molecular complexity index is 623. The topological polar surface area (TPSA) is 50.3 Å². The second-order valence-electron chi connectivity index (χ2n) is 5.24. The summed E-state index contributed by atoms with van der Waals surface area (Å²) in [6.07, 6.45) is 2.54. The fourth-order valence-corrected chi connectivity index (χ4v) is 2.95. The van der Waals surface area contributed by atoms with Gasteiger partial charge in [0.2, 0.25) is 0 Å². The van der Waals surface area contributed by atoms with Crippen molar-refractivity contribution in [3.63, 3.8) is 0 Å². The van der Waals surface area contributed by atoms with Crippen LogP contribution in [0.15, 0.2) is 36.7 Å². The van der Waals surface area contributed by atoms with Crippen molar-refractivity contribution < 1.29 is 4.74 Å². The molecular formula is C16H19ClN4O. The lowest BCUT2D eigenvalue weighted by atomic mass is 10.1. The van der Waals surface area contributed by atoms with Crippen molar-refractivity contribution in [3.8, 4) is 0 Å². The molecule has 1 aliphatic heterocycles. The lowest BCUT2D eigenvalue weighted by Crippen LogP contribution is -2.44. The normalized spacial score (nSPS) is 18.3. The molecule has 6 heteroatoms. The highest BCUT2D eigenvalue weighted by atomic mass is 35.5. The van der Waals surface area contributed by atoms with Gasteiger partial charge in [-0.2, -0.15) is 0 Å². The van der Waals surface area contributed by atoms with Gasteiger partial charge in [-0.3, -0.25) is 0 Å². The molecule has 1 aromatic carbocycles. The van der Waals surface area contributed by atoms with E-state index in [-0.39, 0.29) is 6.10 Å². The molecule has 1 N–H and O–H groups in total. The molecule has 22 heavy (non-hydrogen) atoms. The first kappa shape index (κ1) is 15.1. The average Bonchev–Trinajstić information content (AvgIpc) is 2.56. The monoisotopic (exact) mass is 318 g/mol. The van der Waals surface area contributed by atoms with Crippen LogP contribution in [0.4, 0.5) is 11.5 Å². The van der Waals surface area contributed by atoms with Crippen LogP contribution in [0.3, 0.4) is 0 Å². The van der Waals surface area contributed by atoms with E-state index in [9.17, 15) is 0 Å². The molecule has 1 atom stereocenters. The molecule has 0 aliphatic carbocycles. The van der Waals surface area contributed by atoms with Crippen LogP contribution in [0.2, 0.25) is 5.15 Å². The number of anilines is 2. The van der Waals surface area contributed by atoms with E-state index >= 15 is 0 Å². The molecule has 3 rings (SSSR count). The molecule has 0 saturated carbocycles. The lowest BCUT2D eigenvalue weighted by Gasteiger charge is -2.34. The van der Waals surface area contributed by atoms with E-state index in [0.29, 0.717) is 11.8 Å². The molecule has 2 aromatic rings. The molecule has 0 spiro atoms. The molecule has 1 fully saturated rings. The molecular weight excluding hydrogens is 300 g/mol. The SMILES string of the molecule is CNc1c(Cl)ncnc1N1CCOC(Cc2ccccc2)C1. The van der Waals surface area contributed by atoms with Crippen LogP contribution < -0.4 is 10.2 Å². The lowest BCUT2D eigenvalue weighted by molar-refractivity contribution is 0.0408. The number of nitrogens with zero attached hydrogens (tertiary/aromatic N) is 3. The fourth-order valence-electron chi connectivity index (χ4n) is 2.72. The van der Waals surface area contributed by atoms with Crippen LogP contribution in [0.5, 0.6) is 0 Å². The third-order valence-corrected chi connectivity index (χ3v) is 4.06. The minimum Gasteiger partial charge on any atom is -0.383 e. The quantitative estimate of drug-likeness (QED) is 0.878. The Morgan fingerprint density at radius 1 is 1.32 bits per heavy atom. The Kier molecular flexibility index (Phi) is 4.75. The standard InChI is InChI=1S/C16H19ClN4O/c1-18-14-15(17)19-11-20-16(14)21-7-8-22-13(10-21)9-12-5-3-2-4-6-12/h2-6,11,13,18H,7-10H2,1H3. The predicted molar refractivity (Wildman–Crippen MR) is 88.7 cm³/mol. The summed E-state index contributed by atoms with van der Waals surface area (Å²) >= 11 is 6.14. The van der Waals surface area contributed by atoms with E-state index in [4.69, 9.17) is 16.3 Å². The maximum atomic E-state index is 6.14. The molecule has 0 bridgehead atoms. The van der Waals surface area contributed by atoms with Crippen molar-refractivity contribution >= 4 is 23.1 Å². The summed E-state index contributed by atoms with van der Waals surface area (Å²) in [4.78, 5) is 10.6. The largest absolute Gasteiger partial charge is 0.383 e. The maximum absolute atomic E-state index is 6.14. The molecule has 116 valence electrons. The highest BCUT2D eigenvalue weighted by Gasteiger charge is 2.24. The molecule has 0 radical (unpaired) electrons. The number of halogens is 1. The van der Waals surface area contributed by atoms with Gasteiger partial charge in [-0.05, 0) is 5.56 Å². The van der Waals surface area contributed by atoms with Gasteiger partial charge in [0.25, 0.3) is 0 Å². The smallest absolute Gasteiger partial charge is 0.157 e. The van der Waals surface area contributed by atoms with Gasteiger partial charge in [0.15, 0.2) is 11.0 Å². The van der Waals surface area contributed by atoms with E-state index in [2.05, 4.69) is 44.5 Å². The molecule has 1 saturated heterocycles. The first-order valence-corrected chi connectivity index (χ1v) is 7.74. The van der Waals surface area contributed by atoms with Crippen molar-refractivity contribution in [2.24, 2.45) is 0 Å². The average molecular weight is 319 g/mol. The minimum atomic E-state index is 0.148. The van der Waals surface area contributed by atoms with Gasteiger partial charge in [-0.15, -0.1) is 0 Å². The minimum absolute atomic E-state index is 0.148. The summed E-state index contributed by atoms with van der Waals surface area (Å²) in [5.41, 5.74) is 2.05. The number of aromatic nitrogens is 2. The first-order valence-electron chi connectivity index (χ1n) is 7.36. The van der Waals surface area contributed by atoms with Crippen LogP contribution in [0, 0.1) is 0 Å². The highest BCUT2D eigenvalue weighted by Crippen LogP contribution is 2.30. The van der Waals surface area contributed by atoms with Gasteiger partial charge < -0.3 is 15.0 Å². The predicted octanol–water partition coefficient (Wildman–Crippen LogP) is 2.62. The number of benzene rings is 1. The van der Waals surface area contributed by atoms with E-state index in [1.165, 1.54) is 11.9 Å². The molecule has 0 amide bonds. The molecule has 1 aliphatic rings. The van der Waals surface area contributed by atoms with Crippen molar-refractivity contribution in [1.29, 1.82) is 0 Å². The van der Waals surface area contributed by atoms with Crippen LogP contribution in [0.1, 0.15) is 5.56 Å². The van der Waals surface area contributed by atoms with E-state index in [1.54, 1.807) is 0 Å². The molecule has 1 aromatic heterocycles. The van der Waals surface area contributed by atoms with Crippen molar-refractivity contribution in [1.82, 2.24) is 9.97 Å².